The molecule has 0 spiro atoms. The molecule has 0 aliphatic rings. The van der Waals surface area contributed by atoms with E-state index in [0.29, 0.717) is 5.76 Å². The molecule has 0 fully saturated rings. The summed E-state index contributed by atoms with van der Waals surface area (Å²) in [6, 6.07) is 5.31. The molecule has 2 rings (SSSR count). The van der Waals surface area contributed by atoms with E-state index >= 15 is 0 Å². The van der Waals surface area contributed by atoms with Crippen molar-refractivity contribution in [1.29, 1.82) is 0 Å². The van der Waals surface area contributed by atoms with Gasteiger partial charge in [-0.15, -0.1) is 0 Å². The number of aryl methyl sites for hydroxylation is 1. The van der Waals surface area contributed by atoms with Gasteiger partial charge in [0.1, 0.15) is 5.76 Å². The van der Waals surface area contributed by atoms with Gasteiger partial charge < -0.3 is 13.7 Å². The van der Waals surface area contributed by atoms with Gasteiger partial charge in [0, 0.05) is 12.6 Å². The second kappa shape index (κ2) is 4.49. The Labute approximate surface area is 99.8 Å². The smallest absolute Gasteiger partial charge is 0.290 e. The van der Waals surface area contributed by atoms with E-state index in [0.717, 1.165) is 11.3 Å². The molecule has 2 aromatic heterocycles. The van der Waals surface area contributed by atoms with Crippen molar-refractivity contribution in [3.05, 3.63) is 47.8 Å². The van der Waals surface area contributed by atoms with Crippen molar-refractivity contribution in [2.24, 2.45) is 0 Å². The summed E-state index contributed by atoms with van der Waals surface area (Å²) >= 11 is 0. The summed E-state index contributed by atoms with van der Waals surface area (Å²) in [5, 5.41) is 0. The van der Waals surface area contributed by atoms with Crippen molar-refractivity contribution in [3.8, 4) is 0 Å². The Morgan fingerprint density at radius 2 is 2.06 bits per heavy atom. The first-order valence-electron chi connectivity index (χ1n) is 5.46. The lowest BCUT2D eigenvalue weighted by Crippen LogP contribution is -2.29. The lowest BCUT2D eigenvalue weighted by Gasteiger charge is -2.22. The molecule has 1 amide bonds. The van der Waals surface area contributed by atoms with Crippen LogP contribution in [0.5, 0.6) is 0 Å². The summed E-state index contributed by atoms with van der Waals surface area (Å²) in [4.78, 5) is 13.8. The van der Waals surface area contributed by atoms with Gasteiger partial charge in [-0.1, -0.05) is 0 Å². The van der Waals surface area contributed by atoms with Crippen molar-refractivity contribution in [2.75, 3.05) is 7.05 Å². The Morgan fingerprint density at radius 3 is 2.59 bits per heavy atom. The molecule has 0 saturated heterocycles. The molecule has 1 unspecified atom stereocenters. The second-order valence-electron chi connectivity index (χ2n) is 4.04. The third-order valence-electron chi connectivity index (χ3n) is 2.91. The van der Waals surface area contributed by atoms with Crippen LogP contribution in [0.4, 0.5) is 0 Å². The van der Waals surface area contributed by atoms with Crippen LogP contribution in [0.15, 0.2) is 39.6 Å². The fourth-order valence-corrected chi connectivity index (χ4v) is 1.65. The van der Waals surface area contributed by atoms with Crippen molar-refractivity contribution in [1.82, 2.24) is 4.90 Å². The number of hydrogen-bond acceptors (Lipinski definition) is 3. The molecule has 0 saturated carbocycles. The predicted octanol–water partition coefficient (Wildman–Crippen LogP) is 3.01. The van der Waals surface area contributed by atoms with Gasteiger partial charge in [-0.25, -0.2) is 0 Å². The number of furan rings is 2. The third-order valence-corrected chi connectivity index (χ3v) is 2.91. The van der Waals surface area contributed by atoms with Gasteiger partial charge in [0.15, 0.2) is 5.76 Å². The molecule has 2 heterocycles. The molecule has 0 aliphatic carbocycles. The Morgan fingerprint density at radius 1 is 1.29 bits per heavy atom. The maximum absolute atomic E-state index is 12.2. The number of rotatable bonds is 3. The van der Waals surface area contributed by atoms with E-state index in [1.54, 1.807) is 24.3 Å². The molecule has 0 bridgehead atoms. The molecule has 0 N–H and O–H groups in total. The molecule has 90 valence electrons. The summed E-state index contributed by atoms with van der Waals surface area (Å²) in [5.41, 5.74) is 0.841. The normalized spacial score (nSPS) is 12.4. The molecule has 2 aromatic rings. The highest BCUT2D eigenvalue weighted by Crippen LogP contribution is 2.22. The minimum Gasteiger partial charge on any atom is -0.467 e. The summed E-state index contributed by atoms with van der Waals surface area (Å²) in [5.74, 6) is 0.993. The van der Waals surface area contributed by atoms with Gasteiger partial charge >= 0.3 is 0 Å². The zero-order chi connectivity index (χ0) is 12.4. The Bertz CT molecular complexity index is 498. The molecule has 0 aliphatic heterocycles. The summed E-state index contributed by atoms with van der Waals surface area (Å²) < 4.78 is 10.5. The summed E-state index contributed by atoms with van der Waals surface area (Å²) in [7, 11) is 1.73. The lowest BCUT2D eigenvalue weighted by molar-refractivity contribution is 0.0693. The third kappa shape index (κ3) is 2.11. The van der Waals surface area contributed by atoms with Crippen LogP contribution in [0, 0.1) is 6.92 Å². The SMILES string of the molecule is Cc1ccoc1C(=O)N(C)C(C)c1ccco1. The minimum atomic E-state index is -0.142. The van der Waals surface area contributed by atoms with Gasteiger partial charge in [-0.05, 0) is 32.0 Å². The number of nitrogens with zero attached hydrogens (tertiary/aromatic N) is 1. The van der Waals surface area contributed by atoms with Gasteiger partial charge in [-0.3, -0.25) is 4.79 Å². The van der Waals surface area contributed by atoms with E-state index in [9.17, 15) is 4.79 Å². The first-order chi connectivity index (χ1) is 8.11. The van der Waals surface area contributed by atoms with E-state index in [2.05, 4.69) is 0 Å². The number of amides is 1. The number of hydrogen-bond donors (Lipinski definition) is 0. The number of carbonyl (C=O) groups is 1. The van der Waals surface area contributed by atoms with Crippen LogP contribution in [0.2, 0.25) is 0 Å². The van der Waals surface area contributed by atoms with E-state index < -0.39 is 0 Å². The largest absolute Gasteiger partial charge is 0.467 e. The topological polar surface area (TPSA) is 46.6 Å². The molecular formula is C13H15NO3. The Kier molecular flexibility index (Phi) is 3.04. The molecule has 4 heteroatoms. The van der Waals surface area contributed by atoms with E-state index in [1.165, 1.54) is 6.26 Å². The van der Waals surface area contributed by atoms with Crippen molar-refractivity contribution in [2.45, 2.75) is 19.9 Å². The van der Waals surface area contributed by atoms with Crippen LogP contribution >= 0.6 is 0 Å². The quantitative estimate of drug-likeness (QED) is 0.818. The van der Waals surface area contributed by atoms with Gasteiger partial charge in [0.2, 0.25) is 0 Å². The maximum Gasteiger partial charge on any atom is 0.290 e. The number of carbonyl (C=O) groups excluding carboxylic acids is 1. The molecule has 17 heavy (non-hydrogen) atoms. The van der Waals surface area contributed by atoms with E-state index in [1.807, 2.05) is 26.0 Å². The van der Waals surface area contributed by atoms with Crippen molar-refractivity contribution < 1.29 is 13.6 Å². The fraction of sp³-hybridized carbons (Fsp3) is 0.308. The maximum atomic E-state index is 12.2. The average Bonchev–Trinajstić information content (AvgIpc) is 2.96. The van der Waals surface area contributed by atoms with Crippen LogP contribution in [0.1, 0.15) is 34.8 Å². The summed E-state index contributed by atoms with van der Waals surface area (Å²) in [6.45, 7) is 3.76. The van der Waals surface area contributed by atoms with Crippen molar-refractivity contribution in [3.63, 3.8) is 0 Å². The molecule has 0 aromatic carbocycles. The predicted molar refractivity (Wildman–Crippen MR) is 62.7 cm³/mol. The molecular weight excluding hydrogens is 218 g/mol. The van der Waals surface area contributed by atoms with Crippen LogP contribution in [0.25, 0.3) is 0 Å². The zero-order valence-corrected chi connectivity index (χ0v) is 10.1. The molecule has 4 nitrogen and oxygen atoms in total. The van der Waals surface area contributed by atoms with Gasteiger partial charge in [0.05, 0.1) is 18.6 Å². The van der Waals surface area contributed by atoms with Crippen LogP contribution in [-0.2, 0) is 0 Å². The Hall–Kier alpha value is -1.97. The monoisotopic (exact) mass is 233 g/mol. The van der Waals surface area contributed by atoms with Gasteiger partial charge in [-0.2, -0.15) is 0 Å². The fourth-order valence-electron chi connectivity index (χ4n) is 1.65. The van der Waals surface area contributed by atoms with Gasteiger partial charge in [0.25, 0.3) is 5.91 Å². The highest BCUT2D eigenvalue weighted by atomic mass is 16.3. The second-order valence-corrected chi connectivity index (χ2v) is 4.04. The van der Waals surface area contributed by atoms with Crippen LogP contribution in [0.3, 0.4) is 0 Å². The van der Waals surface area contributed by atoms with Crippen LogP contribution in [-0.4, -0.2) is 17.9 Å². The minimum absolute atomic E-state index is 0.123. The highest BCUT2D eigenvalue weighted by molar-refractivity contribution is 5.92. The van der Waals surface area contributed by atoms with Crippen LogP contribution < -0.4 is 0 Å². The molecule has 1 atom stereocenters. The zero-order valence-electron chi connectivity index (χ0n) is 10.1. The first-order valence-corrected chi connectivity index (χ1v) is 5.46. The highest BCUT2D eigenvalue weighted by Gasteiger charge is 2.23. The Balaban J connectivity index is 2.18. The summed E-state index contributed by atoms with van der Waals surface area (Å²) in [6.07, 6.45) is 3.12. The standard InChI is InChI=1S/C13H15NO3/c1-9-6-8-17-12(9)13(15)14(3)10(2)11-5-4-7-16-11/h4-8,10H,1-3H3. The lowest BCUT2D eigenvalue weighted by atomic mass is 10.2. The van der Waals surface area contributed by atoms with E-state index in [4.69, 9.17) is 8.83 Å². The van der Waals surface area contributed by atoms with Crippen molar-refractivity contribution >= 4 is 5.91 Å². The molecule has 0 radical (unpaired) electrons. The first kappa shape index (κ1) is 11.5. The average molecular weight is 233 g/mol. The van der Waals surface area contributed by atoms with E-state index in [-0.39, 0.29) is 11.9 Å².